The Morgan fingerprint density at radius 2 is 2.00 bits per heavy atom. The number of benzene rings is 1. The Hall–Kier alpha value is -1.83. The third-order valence-corrected chi connectivity index (χ3v) is 3.53. The van der Waals surface area contributed by atoms with E-state index in [1.165, 1.54) is 27.9 Å². The summed E-state index contributed by atoms with van der Waals surface area (Å²) in [6, 6.07) is 4.73. The lowest BCUT2D eigenvalue weighted by Crippen LogP contribution is -2.21. The monoisotopic (exact) mass is 361 g/mol. The van der Waals surface area contributed by atoms with Crippen LogP contribution in [0.4, 0.5) is 13.2 Å². The molecule has 0 fully saturated rings. The third kappa shape index (κ3) is 3.10. The Kier molecular flexibility index (Phi) is 4.08. The number of carbonyl (C=O) groups is 1. The number of rotatable bonds is 2. The first-order valence-electron chi connectivity index (χ1n) is 5.84. The highest BCUT2D eigenvalue weighted by molar-refractivity contribution is 9.10. The van der Waals surface area contributed by atoms with Crippen LogP contribution in [0.15, 0.2) is 35.1 Å². The Morgan fingerprint density at radius 3 is 2.57 bits per heavy atom. The fourth-order valence-corrected chi connectivity index (χ4v) is 2.28. The van der Waals surface area contributed by atoms with Gasteiger partial charge < -0.3 is 4.90 Å². The highest BCUT2D eigenvalue weighted by Gasteiger charge is 2.30. The van der Waals surface area contributed by atoms with Gasteiger partial charge in [-0.15, -0.1) is 0 Å². The summed E-state index contributed by atoms with van der Waals surface area (Å²) in [5, 5.41) is 3.97. The Morgan fingerprint density at radius 1 is 1.33 bits per heavy atom. The van der Waals surface area contributed by atoms with Crippen LogP contribution in [0.1, 0.15) is 15.9 Å². The van der Waals surface area contributed by atoms with Crippen molar-refractivity contribution in [2.24, 2.45) is 0 Å². The summed E-state index contributed by atoms with van der Waals surface area (Å²) < 4.78 is 39.7. The lowest BCUT2D eigenvalue weighted by molar-refractivity contribution is -0.137. The fraction of sp³-hybridized carbons (Fsp3) is 0.231. The van der Waals surface area contributed by atoms with Gasteiger partial charge in [0.25, 0.3) is 5.91 Å². The lowest BCUT2D eigenvalue weighted by atomic mass is 10.2. The molecule has 1 aromatic carbocycles. The third-order valence-electron chi connectivity index (χ3n) is 2.77. The van der Waals surface area contributed by atoms with Crippen molar-refractivity contribution in [2.45, 2.75) is 6.18 Å². The second kappa shape index (κ2) is 5.51. The molecule has 0 N–H and O–H groups in total. The van der Waals surface area contributed by atoms with Gasteiger partial charge in [0.15, 0.2) is 0 Å². The molecule has 0 radical (unpaired) electrons. The van der Waals surface area contributed by atoms with Crippen LogP contribution in [0.5, 0.6) is 0 Å². The summed E-state index contributed by atoms with van der Waals surface area (Å²) in [4.78, 5) is 13.3. The smallest absolute Gasteiger partial charge is 0.345 e. The van der Waals surface area contributed by atoms with Gasteiger partial charge in [0.05, 0.1) is 23.0 Å². The molecule has 0 atom stereocenters. The van der Waals surface area contributed by atoms with E-state index in [-0.39, 0.29) is 17.2 Å². The maximum atomic E-state index is 12.7. The number of amides is 1. The molecule has 8 heteroatoms. The zero-order valence-electron chi connectivity index (χ0n) is 11.1. The quantitative estimate of drug-likeness (QED) is 0.822. The molecule has 1 amide bonds. The molecule has 112 valence electrons. The van der Waals surface area contributed by atoms with Gasteiger partial charge in [-0.1, -0.05) is 6.07 Å². The molecule has 0 aliphatic heterocycles. The molecule has 2 rings (SSSR count). The number of halogens is 4. The topological polar surface area (TPSA) is 38.1 Å². The maximum Gasteiger partial charge on any atom is 0.416 e. The van der Waals surface area contributed by atoms with Gasteiger partial charge in [0, 0.05) is 14.1 Å². The van der Waals surface area contributed by atoms with Crippen molar-refractivity contribution < 1.29 is 18.0 Å². The van der Waals surface area contributed by atoms with Gasteiger partial charge >= 0.3 is 6.18 Å². The van der Waals surface area contributed by atoms with E-state index >= 15 is 0 Å². The molecule has 0 unspecified atom stereocenters. The van der Waals surface area contributed by atoms with Crippen LogP contribution in [0.3, 0.4) is 0 Å². The summed E-state index contributed by atoms with van der Waals surface area (Å²) in [6.45, 7) is 0. The van der Waals surface area contributed by atoms with Crippen molar-refractivity contribution in [3.05, 3.63) is 46.2 Å². The highest BCUT2D eigenvalue weighted by Crippen LogP contribution is 2.31. The Bertz CT molecular complexity index is 680. The number of hydrogen-bond acceptors (Lipinski definition) is 2. The first kappa shape index (κ1) is 15.6. The van der Waals surface area contributed by atoms with Crippen molar-refractivity contribution in [3.63, 3.8) is 0 Å². The van der Waals surface area contributed by atoms with E-state index in [2.05, 4.69) is 21.0 Å². The van der Waals surface area contributed by atoms with Gasteiger partial charge in [-0.2, -0.15) is 18.3 Å². The first-order chi connectivity index (χ1) is 9.71. The molecule has 0 saturated heterocycles. The van der Waals surface area contributed by atoms with Crippen molar-refractivity contribution in [1.82, 2.24) is 14.7 Å². The van der Waals surface area contributed by atoms with E-state index in [4.69, 9.17) is 0 Å². The molecule has 4 nitrogen and oxygen atoms in total. The Labute approximate surface area is 127 Å². The molecule has 21 heavy (non-hydrogen) atoms. The van der Waals surface area contributed by atoms with E-state index in [0.29, 0.717) is 4.60 Å². The molecular formula is C13H11BrF3N3O. The van der Waals surface area contributed by atoms with E-state index < -0.39 is 11.7 Å². The minimum atomic E-state index is -4.43. The summed E-state index contributed by atoms with van der Waals surface area (Å²) in [5.74, 6) is -0.292. The van der Waals surface area contributed by atoms with Crippen molar-refractivity contribution in [2.75, 3.05) is 14.1 Å². The summed E-state index contributed by atoms with van der Waals surface area (Å²) >= 11 is 3.20. The molecule has 0 bridgehead atoms. The first-order valence-corrected chi connectivity index (χ1v) is 6.64. The van der Waals surface area contributed by atoms with Crippen LogP contribution in [0.2, 0.25) is 0 Å². The zero-order chi connectivity index (χ0) is 15.8. The molecule has 0 spiro atoms. The van der Waals surface area contributed by atoms with Gasteiger partial charge in [-0.05, 0) is 34.1 Å². The van der Waals surface area contributed by atoms with Gasteiger partial charge in [0.1, 0.15) is 4.60 Å². The average Bonchev–Trinajstić information content (AvgIpc) is 2.78. The molecule has 2 aromatic rings. The Balaban J connectivity index is 2.47. The number of alkyl halides is 3. The minimum absolute atomic E-state index is 0.217. The molecule has 1 aromatic heterocycles. The normalized spacial score (nSPS) is 11.5. The standard InChI is InChI=1S/C13H11BrF3N3O/c1-19(2)12(21)10-7-18-20(11(10)14)9-5-3-4-8(6-9)13(15,16)17/h3-7H,1-2H3. The van der Waals surface area contributed by atoms with Gasteiger partial charge in [-0.3, -0.25) is 4.79 Å². The second-order valence-corrected chi connectivity index (χ2v) is 5.26. The van der Waals surface area contributed by atoms with Crippen molar-refractivity contribution in [1.29, 1.82) is 0 Å². The fourth-order valence-electron chi connectivity index (χ4n) is 1.71. The highest BCUT2D eigenvalue weighted by atomic mass is 79.9. The number of carbonyl (C=O) groups excluding carboxylic acids is 1. The molecule has 0 saturated carbocycles. The minimum Gasteiger partial charge on any atom is -0.345 e. The number of hydrogen-bond donors (Lipinski definition) is 0. The summed E-state index contributed by atoms with van der Waals surface area (Å²) in [5.41, 5.74) is -0.283. The van der Waals surface area contributed by atoms with Crippen LogP contribution in [0.25, 0.3) is 5.69 Å². The van der Waals surface area contributed by atoms with Crippen LogP contribution >= 0.6 is 15.9 Å². The molecule has 1 heterocycles. The summed E-state index contributed by atoms with van der Waals surface area (Å²) in [7, 11) is 3.16. The van der Waals surface area contributed by atoms with Gasteiger partial charge in [-0.25, -0.2) is 4.68 Å². The van der Waals surface area contributed by atoms with E-state index in [1.54, 1.807) is 14.1 Å². The van der Waals surface area contributed by atoms with E-state index in [0.717, 1.165) is 12.1 Å². The van der Waals surface area contributed by atoms with Gasteiger partial charge in [0.2, 0.25) is 0 Å². The maximum absolute atomic E-state index is 12.7. The van der Waals surface area contributed by atoms with Crippen LogP contribution in [-0.4, -0.2) is 34.7 Å². The number of nitrogens with zero attached hydrogens (tertiary/aromatic N) is 3. The van der Waals surface area contributed by atoms with E-state index in [9.17, 15) is 18.0 Å². The second-order valence-electron chi connectivity index (χ2n) is 4.51. The van der Waals surface area contributed by atoms with Crippen molar-refractivity contribution >= 4 is 21.8 Å². The molecule has 0 aliphatic carbocycles. The van der Waals surface area contributed by atoms with Crippen molar-refractivity contribution in [3.8, 4) is 5.69 Å². The summed E-state index contributed by atoms with van der Waals surface area (Å²) in [6.07, 6.45) is -3.12. The predicted octanol–water partition coefficient (Wildman–Crippen LogP) is 3.36. The van der Waals surface area contributed by atoms with E-state index in [1.807, 2.05) is 0 Å². The SMILES string of the molecule is CN(C)C(=O)c1cnn(-c2cccc(C(F)(F)F)c2)c1Br. The molecule has 0 aliphatic rings. The van der Waals surface area contributed by atoms with Crippen LogP contribution in [0, 0.1) is 0 Å². The lowest BCUT2D eigenvalue weighted by Gasteiger charge is -2.11. The van der Waals surface area contributed by atoms with Crippen LogP contribution < -0.4 is 0 Å². The largest absolute Gasteiger partial charge is 0.416 e. The van der Waals surface area contributed by atoms with Crippen LogP contribution in [-0.2, 0) is 6.18 Å². The zero-order valence-corrected chi connectivity index (χ0v) is 12.7. The average molecular weight is 362 g/mol. The molecular weight excluding hydrogens is 351 g/mol. The predicted molar refractivity (Wildman–Crippen MR) is 74.3 cm³/mol. The number of aromatic nitrogens is 2.